The highest BCUT2D eigenvalue weighted by atomic mass is 79.9. The lowest BCUT2D eigenvalue weighted by atomic mass is 10.3. The molecule has 0 N–H and O–H groups in total. The standard InChI is InChI=1S/C8H5BrN2/c9-7-1-4-11-8-2-3-10-5-6(7)8/h1-5H. The second-order valence-electron chi connectivity index (χ2n) is 2.19. The minimum absolute atomic E-state index is 0.967. The summed E-state index contributed by atoms with van der Waals surface area (Å²) in [7, 11) is 0. The Hall–Kier alpha value is -0.960. The summed E-state index contributed by atoms with van der Waals surface area (Å²) in [5.41, 5.74) is 0.967. The van der Waals surface area contributed by atoms with Crippen LogP contribution in [0, 0.1) is 0 Å². The summed E-state index contributed by atoms with van der Waals surface area (Å²) >= 11 is 3.42. The fraction of sp³-hybridized carbons (Fsp3) is 0. The predicted molar refractivity (Wildman–Crippen MR) is 47.2 cm³/mol. The van der Waals surface area contributed by atoms with Crippen LogP contribution >= 0.6 is 15.9 Å². The van der Waals surface area contributed by atoms with Crippen molar-refractivity contribution in [2.45, 2.75) is 0 Å². The van der Waals surface area contributed by atoms with Gasteiger partial charge in [-0.15, -0.1) is 0 Å². The molecule has 0 radical (unpaired) electrons. The molecule has 0 spiro atoms. The van der Waals surface area contributed by atoms with Gasteiger partial charge in [-0.3, -0.25) is 9.97 Å². The summed E-state index contributed by atoms with van der Waals surface area (Å²) in [6.07, 6.45) is 5.31. The molecule has 2 rings (SSSR count). The van der Waals surface area contributed by atoms with Crippen molar-refractivity contribution in [1.29, 1.82) is 0 Å². The maximum absolute atomic E-state index is 4.17. The maximum Gasteiger partial charge on any atom is 0.0744 e. The van der Waals surface area contributed by atoms with Crippen molar-refractivity contribution in [3.05, 3.63) is 35.2 Å². The first kappa shape index (κ1) is 6.73. The number of pyridine rings is 2. The monoisotopic (exact) mass is 208 g/mol. The first-order chi connectivity index (χ1) is 5.38. The second-order valence-corrected chi connectivity index (χ2v) is 3.04. The summed E-state index contributed by atoms with van der Waals surface area (Å²) in [5.74, 6) is 0. The van der Waals surface area contributed by atoms with Crippen LogP contribution in [-0.4, -0.2) is 9.97 Å². The molecule has 0 fully saturated rings. The van der Waals surface area contributed by atoms with E-state index in [0.29, 0.717) is 0 Å². The number of nitrogens with zero attached hydrogens (tertiary/aromatic N) is 2. The predicted octanol–water partition coefficient (Wildman–Crippen LogP) is 2.39. The molecule has 0 aromatic carbocycles. The fourth-order valence-corrected chi connectivity index (χ4v) is 1.38. The van der Waals surface area contributed by atoms with Gasteiger partial charge in [0.1, 0.15) is 0 Å². The van der Waals surface area contributed by atoms with Crippen molar-refractivity contribution in [2.75, 3.05) is 0 Å². The molecule has 2 heterocycles. The lowest BCUT2D eigenvalue weighted by Gasteiger charge is -1.95. The van der Waals surface area contributed by atoms with E-state index in [2.05, 4.69) is 25.9 Å². The first-order valence-electron chi connectivity index (χ1n) is 3.22. The van der Waals surface area contributed by atoms with E-state index in [-0.39, 0.29) is 0 Å². The second kappa shape index (κ2) is 2.58. The van der Waals surface area contributed by atoms with Crippen LogP contribution < -0.4 is 0 Å². The maximum atomic E-state index is 4.17. The molecular weight excluding hydrogens is 204 g/mol. The molecule has 0 aliphatic rings. The van der Waals surface area contributed by atoms with Crippen LogP contribution in [0.5, 0.6) is 0 Å². The van der Waals surface area contributed by atoms with Crippen LogP contribution in [0.4, 0.5) is 0 Å². The van der Waals surface area contributed by atoms with E-state index >= 15 is 0 Å². The Morgan fingerprint density at radius 2 is 2.09 bits per heavy atom. The normalized spacial score (nSPS) is 10.3. The molecule has 2 nitrogen and oxygen atoms in total. The van der Waals surface area contributed by atoms with E-state index in [1.807, 2.05) is 12.1 Å². The highest BCUT2D eigenvalue weighted by Gasteiger charge is 1.95. The fourth-order valence-electron chi connectivity index (χ4n) is 0.956. The van der Waals surface area contributed by atoms with Gasteiger partial charge in [-0.25, -0.2) is 0 Å². The molecular formula is C8H5BrN2. The molecule has 0 aliphatic heterocycles. The van der Waals surface area contributed by atoms with E-state index in [4.69, 9.17) is 0 Å². The lowest BCUT2D eigenvalue weighted by Crippen LogP contribution is -1.79. The summed E-state index contributed by atoms with van der Waals surface area (Å²) in [6, 6.07) is 3.80. The number of halogens is 1. The van der Waals surface area contributed by atoms with Crippen molar-refractivity contribution in [3.63, 3.8) is 0 Å². The van der Waals surface area contributed by atoms with Crippen molar-refractivity contribution < 1.29 is 0 Å². The van der Waals surface area contributed by atoms with Gasteiger partial charge in [0.25, 0.3) is 0 Å². The summed E-state index contributed by atoms with van der Waals surface area (Å²) in [6.45, 7) is 0. The number of rotatable bonds is 0. The van der Waals surface area contributed by atoms with Gasteiger partial charge in [-0.1, -0.05) is 0 Å². The lowest BCUT2D eigenvalue weighted by molar-refractivity contribution is 1.32. The zero-order valence-electron chi connectivity index (χ0n) is 5.66. The van der Waals surface area contributed by atoms with E-state index in [1.165, 1.54) is 0 Å². The Balaban J connectivity index is 2.91. The molecule has 0 saturated carbocycles. The smallest absolute Gasteiger partial charge is 0.0744 e. The number of fused-ring (bicyclic) bond motifs is 1. The third-order valence-corrected chi connectivity index (χ3v) is 2.18. The van der Waals surface area contributed by atoms with Gasteiger partial charge in [0.05, 0.1) is 5.52 Å². The Morgan fingerprint density at radius 3 is 2.91 bits per heavy atom. The molecule has 0 saturated heterocycles. The molecule has 0 aliphatic carbocycles. The molecule has 0 unspecified atom stereocenters. The minimum Gasteiger partial charge on any atom is -0.264 e. The molecule has 0 amide bonds. The molecule has 2 aromatic heterocycles. The van der Waals surface area contributed by atoms with Crippen molar-refractivity contribution in [1.82, 2.24) is 9.97 Å². The van der Waals surface area contributed by atoms with Crippen LogP contribution in [0.3, 0.4) is 0 Å². The van der Waals surface area contributed by atoms with Gasteiger partial charge >= 0.3 is 0 Å². The summed E-state index contributed by atoms with van der Waals surface area (Å²) in [5, 5.41) is 1.05. The summed E-state index contributed by atoms with van der Waals surface area (Å²) < 4.78 is 1.04. The molecule has 54 valence electrons. The zero-order chi connectivity index (χ0) is 7.68. The molecule has 11 heavy (non-hydrogen) atoms. The first-order valence-corrected chi connectivity index (χ1v) is 4.01. The van der Waals surface area contributed by atoms with Crippen molar-refractivity contribution >= 4 is 26.8 Å². The largest absolute Gasteiger partial charge is 0.264 e. The molecule has 0 atom stereocenters. The van der Waals surface area contributed by atoms with Crippen LogP contribution in [0.15, 0.2) is 35.2 Å². The Kier molecular flexibility index (Phi) is 1.58. The highest BCUT2D eigenvalue weighted by Crippen LogP contribution is 2.19. The van der Waals surface area contributed by atoms with Gasteiger partial charge in [0.15, 0.2) is 0 Å². The molecule has 2 aromatic rings. The van der Waals surface area contributed by atoms with Crippen LogP contribution in [-0.2, 0) is 0 Å². The van der Waals surface area contributed by atoms with Gasteiger partial charge in [-0.05, 0) is 28.1 Å². The average Bonchev–Trinajstić information content (AvgIpc) is 2.06. The quantitative estimate of drug-likeness (QED) is 0.665. The number of hydrogen-bond acceptors (Lipinski definition) is 2. The number of aromatic nitrogens is 2. The van der Waals surface area contributed by atoms with Gasteiger partial charge in [0.2, 0.25) is 0 Å². The SMILES string of the molecule is Brc1ccnc2ccncc12. The van der Waals surface area contributed by atoms with Crippen molar-refractivity contribution in [2.24, 2.45) is 0 Å². The van der Waals surface area contributed by atoms with E-state index in [1.54, 1.807) is 18.6 Å². The van der Waals surface area contributed by atoms with E-state index < -0.39 is 0 Å². The minimum atomic E-state index is 0.967. The average molecular weight is 209 g/mol. The van der Waals surface area contributed by atoms with Crippen molar-refractivity contribution in [3.8, 4) is 0 Å². The van der Waals surface area contributed by atoms with Crippen LogP contribution in [0.2, 0.25) is 0 Å². The third-order valence-electron chi connectivity index (χ3n) is 1.49. The van der Waals surface area contributed by atoms with Gasteiger partial charge in [-0.2, -0.15) is 0 Å². The van der Waals surface area contributed by atoms with Gasteiger partial charge < -0.3 is 0 Å². The molecule has 3 heteroatoms. The topological polar surface area (TPSA) is 25.8 Å². The molecule has 0 bridgehead atoms. The highest BCUT2D eigenvalue weighted by molar-refractivity contribution is 9.10. The Labute approximate surface area is 72.4 Å². The summed E-state index contributed by atoms with van der Waals surface area (Å²) in [4.78, 5) is 8.18. The number of hydrogen-bond donors (Lipinski definition) is 0. The van der Waals surface area contributed by atoms with Gasteiger partial charge in [0, 0.05) is 28.4 Å². The van der Waals surface area contributed by atoms with Crippen LogP contribution in [0.25, 0.3) is 10.9 Å². The van der Waals surface area contributed by atoms with Crippen LogP contribution in [0.1, 0.15) is 0 Å². The van der Waals surface area contributed by atoms with E-state index in [9.17, 15) is 0 Å². The van der Waals surface area contributed by atoms with E-state index in [0.717, 1.165) is 15.4 Å². The zero-order valence-corrected chi connectivity index (χ0v) is 7.25. The Morgan fingerprint density at radius 1 is 1.18 bits per heavy atom. The Bertz CT molecular complexity index is 381. The third kappa shape index (κ3) is 1.12.